The van der Waals surface area contributed by atoms with Gasteiger partial charge in [0.2, 0.25) is 0 Å². The van der Waals surface area contributed by atoms with E-state index in [0.29, 0.717) is 0 Å². The molecule has 0 N–H and O–H groups in total. The predicted octanol–water partition coefficient (Wildman–Crippen LogP) is 1.99. The van der Waals surface area contributed by atoms with E-state index in [1.807, 2.05) is 0 Å². The molecule has 1 radical (unpaired) electrons. The van der Waals surface area contributed by atoms with Crippen LogP contribution in [0.3, 0.4) is 0 Å². The van der Waals surface area contributed by atoms with Crippen molar-refractivity contribution in [2.45, 2.75) is 0 Å². The van der Waals surface area contributed by atoms with Crippen molar-refractivity contribution < 1.29 is 53.2 Å². The largest absolute Gasteiger partial charge is 0.334 e. The predicted molar refractivity (Wildman–Crippen MR) is 11.5 cm³/mol. The Morgan fingerprint density at radius 1 is 0.714 bits per heavy atom. The Balaban J connectivity index is 0. The molecule has 0 unspecified atom stereocenters. The van der Waals surface area contributed by atoms with Crippen LogP contribution in [0.1, 0.15) is 0 Å². The molecule has 0 aliphatic carbocycles. The third-order valence-corrected chi connectivity index (χ3v) is 0.143. The zero-order valence-corrected chi connectivity index (χ0v) is 6.72. The molecule has 0 atom stereocenters. The molecule has 5 heteroatoms. The SMILES string of the molecule is FC(F)=C(F)F.[La]. The van der Waals surface area contributed by atoms with E-state index in [4.69, 9.17) is 0 Å². The molecule has 0 nitrogen and oxygen atoms in total. The van der Waals surface area contributed by atoms with Crippen molar-refractivity contribution in [2.75, 3.05) is 0 Å². The second-order valence-corrected chi connectivity index (χ2v) is 0.521. The maximum atomic E-state index is 10.3. The summed E-state index contributed by atoms with van der Waals surface area (Å²) in [6.45, 7) is 0. The second kappa shape index (κ2) is 4.81. The fraction of sp³-hybridized carbons (Fsp3) is 0. The quantitative estimate of drug-likeness (QED) is 0.567. The molecule has 0 aromatic heterocycles. The van der Waals surface area contributed by atoms with E-state index in [1.165, 1.54) is 0 Å². The van der Waals surface area contributed by atoms with E-state index in [1.54, 1.807) is 0 Å². The first-order valence-corrected chi connectivity index (χ1v) is 1.01. The molecule has 0 heterocycles. The summed E-state index contributed by atoms with van der Waals surface area (Å²) in [5.74, 6) is 0. The Labute approximate surface area is 65.2 Å². The van der Waals surface area contributed by atoms with Crippen molar-refractivity contribution in [3.05, 3.63) is 12.2 Å². The zero-order valence-electron chi connectivity index (χ0n) is 3.09. The van der Waals surface area contributed by atoms with Gasteiger partial charge in [0.1, 0.15) is 0 Å². The molecule has 0 aromatic rings. The van der Waals surface area contributed by atoms with Gasteiger partial charge in [-0.25, -0.2) is 0 Å². The van der Waals surface area contributed by atoms with Crippen LogP contribution >= 0.6 is 0 Å². The van der Waals surface area contributed by atoms with Crippen LogP contribution in [-0.2, 0) is 0 Å². The molecule has 0 spiro atoms. The summed E-state index contributed by atoms with van der Waals surface area (Å²) < 4.78 is 41.1. The zero-order chi connectivity index (χ0) is 5.15. The van der Waals surface area contributed by atoms with Gasteiger partial charge in [-0.1, -0.05) is 0 Å². The van der Waals surface area contributed by atoms with Crippen LogP contribution in [-0.4, -0.2) is 0 Å². The minimum Gasteiger partial charge on any atom is -0.167 e. The average molecular weight is 239 g/mol. The minimum atomic E-state index is -2.91. The molecule has 7 heavy (non-hydrogen) atoms. The third-order valence-electron chi connectivity index (χ3n) is 0.143. The Morgan fingerprint density at radius 3 is 0.857 bits per heavy atom. The molecule has 0 saturated carbocycles. The molecule has 0 saturated heterocycles. The van der Waals surface area contributed by atoms with Crippen molar-refractivity contribution >= 4 is 0 Å². The van der Waals surface area contributed by atoms with Gasteiger partial charge in [0.05, 0.1) is 0 Å². The van der Waals surface area contributed by atoms with Gasteiger partial charge in [-0.05, 0) is 0 Å². The van der Waals surface area contributed by atoms with E-state index < -0.39 is 12.2 Å². The van der Waals surface area contributed by atoms with Crippen LogP contribution in [0.4, 0.5) is 17.6 Å². The standard InChI is InChI=1S/C2F4.La/c3-1(4)2(5)6;. The van der Waals surface area contributed by atoms with Gasteiger partial charge in [-0.3, -0.25) is 0 Å². The molecular formula is C2F4La. The molecule has 0 fully saturated rings. The van der Waals surface area contributed by atoms with Crippen molar-refractivity contribution in [1.29, 1.82) is 0 Å². The molecular weight excluding hydrogens is 239 g/mol. The van der Waals surface area contributed by atoms with Crippen LogP contribution in [0, 0.1) is 35.6 Å². The van der Waals surface area contributed by atoms with Crippen LogP contribution in [0.15, 0.2) is 12.2 Å². The Kier molecular flexibility index (Phi) is 7.28. The monoisotopic (exact) mass is 239 g/mol. The first-order chi connectivity index (χ1) is 2.64. The first-order valence-electron chi connectivity index (χ1n) is 1.01. The summed E-state index contributed by atoms with van der Waals surface area (Å²) in [6, 6.07) is 0. The number of halogens is 4. The fourth-order valence-corrected chi connectivity index (χ4v) is 0. The molecule has 0 aliphatic rings. The normalized spacial score (nSPS) is 6.86. The minimum absolute atomic E-state index is 0. The van der Waals surface area contributed by atoms with E-state index in [9.17, 15) is 17.6 Å². The summed E-state index contributed by atoms with van der Waals surface area (Å²) in [4.78, 5) is 0. The van der Waals surface area contributed by atoms with Gasteiger partial charge in [-0.15, -0.1) is 0 Å². The molecule has 0 aliphatic heterocycles. The van der Waals surface area contributed by atoms with Crippen LogP contribution in [0.25, 0.3) is 0 Å². The topological polar surface area (TPSA) is 0 Å². The third kappa shape index (κ3) is 6.65. The van der Waals surface area contributed by atoms with Crippen molar-refractivity contribution in [3.63, 3.8) is 0 Å². The van der Waals surface area contributed by atoms with Gasteiger partial charge in [0.25, 0.3) is 0 Å². The van der Waals surface area contributed by atoms with E-state index in [2.05, 4.69) is 0 Å². The maximum Gasteiger partial charge on any atom is 0.334 e. The average Bonchev–Trinajstić information content (AvgIpc) is 1.36. The Hall–Kier alpha value is 0.655. The van der Waals surface area contributed by atoms with Crippen molar-refractivity contribution in [1.82, 2.24) is 0 Å². The Morgan fingerprint density at radius 2 is 0.857 bits per heavy atom. The maximum absolute atomic E-state index is 10.3. The van der Waals surface area contributed by atoms with E-state index >= 15 is 0 Å². The van der Waals surface area contributed by atoms with Crippen LogP contribution in [0.5, 0.6) is 0 Å². The first kappa shape index (κ1) is 10.6. The van der Waals surface area contributed by atoms with Crippen LogP contribution in [0.2, 0.25) is 0 Å². The second-order valence-electron chi connectivity index (χ2n) is 0.521. The fourth-order valence-electron chi connectivity index (χ4n) is 0. The van der Waals surface area contributed by atoms with Gasteiger partial charge >= 0.3 is 12.2 Å². The van der Waals surface area contributed by atoms with E-state index in [-0.39, 0.29) is 35.6 Å². The summed E-state index contributed by atoms with van der Waals surface area (Å²) in [7, 11) is 0. The number of hydrogen-bond acceptors (Lipinski definition) is 0. The summed E-state index contributed by atoms with van der Waals surface area (Å²) >= 11 is 0. The molecule has 0 aromatic carbocycles. The van der Waals surface area contributed by atoms with E-state index in [0.717, 1.165) is 0 Å². The summed E-state index contributed by atoms with van der Waals surface area (Å²) in [6.07, 6.45) is -5.81. The number of rotatable bonds is 0. The van der Waals surface area contributed by atoms with Crippen LogP contribution < -0.4 is 0 Å². The van der Waals surface area contributed by atoms with Crippen molar-refractivity contribution in [3.8, 4) is 0 Å². The molecule has 0 bridgehead atoms. The van der Waals surface area contributed by atoms with Gasteiger partial charge in [0, 0.05) is 35.6 Å². The van der Waals surface area contributed by atoms with Crippen molar-refractivity contribution in [2.24, 2.45) is 0 Å². The molecule has 39 valence electrons. The summed E-state index contributed by atoms with van der Waals surface area (Å²) in [5.41, 5.74) is 0. The Bertz CT molecular complexity index is 59.8. The smallest absolute Gasteiger partial charge is 0.167 e. The van der Waals surface area contributed by atoms with Gasteiger partial charge in [0.15, 0.2) is 0 Å². The molecule has 0 rings (SSSR count). The molecule has 0 amide bonds. The summed E-state index contributed by atoms with van der Waals surface area (Å²) in [5, 5.41) is 0. The van der Waals surface area contributed by atoms with Gasteiger partial charge in [-0.2, -0.15) is 17.6 Å². The van der Waals surface area contributed by atoms with Gasteiger partial charge < -0.3 is 0 Å². The number of hydrogen-bond donors (Lipinski definition) is 0.